The fraction of sp³-hybridized carbons (Fsp3) is 0.583. The number of piperidine rings is 1. The van der Waals surface area contributed by atoms with E-state index < -0.39 is 0 Å². The van der Waals surface area contributed by atoms with Crippen molar-refractivity contribution in [2.75, 3.05) is 37.8 Å². The summed E-state index contributed by atoms with van der Waals surface area (Å²) >= 11 is 0. The van der Waals surface area contributed by atoms with Crippen LogP contribution in [0.25, 0.3) is 0 Å². The predicted octanol–water partition coefficient (Wildman–Crippen LogP) is 1.19. The van der Waals surface area contributed by atoms with Crippen molar-refractivity contribution in [2.45, 2.75) is 18.9 Å². The normalized spacial score (nSPS) is 18.6. The largest absolute Gasteiger partial charge is 0.399 e. The number of likely N-dealkylation sites (tertiary alicyclic amines) is 1. The molecule has 1 aliphatic heterocycles. The van der Waals surface area contributed by atoms with Gasteiger partial charge in [-0.3, -0.25) is 0 Å². The van der Waals surface area contributed by atoms with E-state index in [1.165, 1.54) is 12.8 Å². The van der Waals surface area contributed by atoms with Gasteiger partial charge >= 0.3 is 0 Å². The second-order valence-electron chi connectivity index (χ2n) is 4.59. The summed E-state index contributed by atoms with van der Waals surface area (Å²) < 4.78 is 0. The maximum absolute atomic E-state index is 5.77. The Kier molecular flexibility index (Phi) is 3.29. The smallest absolute Gasteiger partial charge is 0.130 e. The lowest BCUT2D eigenvalue weighted by Crippen LogP contribution is -2.42. The van der Waals surface area contributed by atoms with Gasteiger partial charge in [0.2, 0.25) is 0 Å². The van der Waals surface area contributed by atoms with Gasteiger partial charge in [-0.05, 0) is 39.0 Å². The van der Waals surface area contributed by atoms with E-state index in [0.29, 0.717) is 6.04 Å². The van der Waals surface area contributed by atoms with Crippen molar-refractivity contribution in [2.24, 2.45) is 0 Å². The van der Waals surface area contributed by atoms with Crippen LogP contribution in [0.4, 0.5) is 11.5 Å². The van der Waals surface area contributed by atoms with E-state index in [2.05, 4.69) is 28.9 Å². The first-order chi connectivity index (χ1) is 7.66. The zero-order chi connectivity index (χ0) is 11.5. The highest BCUT2D eigenvalue weighted by molar-refractivity contribution is 5.50. The van der Waals surface area contributed by atoms with Gasteiger partial charge in [-0.15, -0.1) is 0 Å². The van der Waals surface area contributed by atoms with Gasteiger partial charge in [0.1, 0.15) is 5.82 Å². The van der Waals surface area contributed by atoms with E-state index >= 15 is 0 Å². The van der Waals surface area contributed by atoms with Gasteiger partial charge in [0.05, 0.1) is 0 Å². The highest BCUT2D eigenvalue weighted by atomic mass is 15.2. The number of nitrogens with two attached hydrogens (primary N) is 1. The van der Waals surface area contributed by atoms with Crippen LogP contribution in [-0.2, 0) is 0 Å². The molecule has 0 aliphatic carbocycles. The van der Waals surface area contributed by atoms with Crippen LogP contribution in [0.5, 0.6) is 0 Å². The molecule has 2 N–H and O–H groups in total. The number of hydrogen-bond donors (Lipinski definition) is 1. The van der Waals surface area contributed by atoms with E-state index in [1.54, 1.807) is 6.20 Å². The Balaban J connectivity index is 2.04. The second kappa shape index (κ2) is 4.70. The van der Waals surface area contributed by atoms with E-state index in [0.717, 1.165) is 24.6 Å². The minimum absolute atomic E-state index is 0.588. The molecular formula is C12H20N4. The third kappa shape index (κ3) is 2.44. The van der Waals surface area contributed by atoms with Crippen molar-refractivity contribution in [3.05, 3.63) is 18.3 Å². The molecular weight excluding hydrogens is 200 g/mol. The molecule has 0 aromatic carbocycles. The van der Waals surface area contributed by atoms with E-state index in [4.69, 9.17) is 5.73 Å². The van der Waals surface area contributed by atoms with Crippen LogP contribution < -0.4 is 10.6 Å². The highest BCUT2D eigenvalue weighted by Crippen LogP contribution is 2.20. The average molecular weight is 220 g/mol. The van der Waals surface area contributed by atoms with E-state index in [9.17, 15) is 0 Å². The molecule has 0 spiro atoms. The van der Waals surface area contributed by atoms with Gasteiger partial charge in [0, 0.05) is 31.0 Å². The molecule has 0 unspecified atom stereocenters. The lowest BCUT2D eigenvalue weighted by molar-refractivity contribution is 0.252. The van der Waals surface area contributed by atoms with Crippen LogP contribution in [0, 0.1) is 0 Å². The molecule has 88 valence electrons. The molecule has 1 aliphatic rings. The average Bonchev–Trinajstić information content (AvgIpc) is 2.29. The first kappa shape index (κ1) is 11.2. The molecule has 4 nitrogen and oxygen atoms in total. The lowest BCUT2D eigenvalue weighted by atomic mass is 10.0. The number of pyridine rings is 1. The number of nitrogens with zero attached hydrogens (tertiary/aromatic N) is 3. The Morgan fingerprint density at radius 3 is 2.75 bits per heavy atom. The Morgan fingerprint density at radius 1 is 1.44 bits per heavy atom. The summed E-state index contributed by atoms with van der Waals surface area (Å²) in [6.45, 7) is 2.33. The van der Waals surface area contributed by atoms with E-state index in [-0.39, 0.29) is 0 Å². The molecule has 16 heavy (non-hydrogen) atoms. The summed E-state index contributed by atoms with van der Waals surface area (Å²) in [6.07, 6.45) is 4.17. The van der Waals surface area contributed by atoms with Gasteiger partial charge < -0.3 is 15.5 Å². The first-order valence-electron chi connectivity index (χ1n) is 5.80. The summed E-state index contributed by atoms with van der Waals surface area (Å²) in [4.78, 5) is 8.99. The van der Waals surface area contributed by atoms with Crippen LogP contribution in [0.3, 0.4) is 0 Å². The molecule has 1 aromatic heterocycles. The number of rotatable bonds is 2. The van der Waals surface area contributed by atoms with Gasteiger partial charge in [0.15, 0.2) is 0 Å². The molecule has 0 bridgehead atoms. The number of hydrogen-bond acceptors (Lipinski definition) is 4. The standard InChI is InChI=1S/C12H20N4/c1-15-7-4-11(5-8-15)16(2)12-9-10(13)3-6-14-12/h3,6,9,11H,4-5,7-8H2,1-2H3,(H2,13,14). The Morgan fingerprint density at radius 2 is 2.12 bits per heavy atom. The molecule has 0 saturated carbocycles. The van der Waals surface area contributed by atoms with Crippen molar-refractivity contribution in [3.8, 4) is 0 Å². The molecule has 4 heteroatoms. The monoisotopic (exact) mass is 220 g/mol. The summed E-state index contributed by atoms with van der Waals surface area (Å²) in [5, 5.41) is 0. The number of anilines is 2. The van der Waals surface area contributed by atoms with Crippen molar-refractivity contribution in [1.82, 2.24) is 9.88 Å². The molecule has 1 aromatic rings. The van der Waals surface area contributed by atoms with Crippen molar-refractivity contribution < 1.29 is 0 Å². The van der Waals surface area contributed by atoms with Crippen molar-refractivity contribution in [1.29, 1.82) is 0 Å². The third-order valence-electron chi connectivity index (χ3n) is 3.37. The van der Waals surface area contributed by atoms with E-state index in [1.807, 2.05) is 12.1 Å². The van der Waals surface area contributed by atoms with Gasteiger partial charge in [-0.25, -0.2) is 4.98 Å². The van der Waals surface area contributed by atoms with Gasteiger partial charge in [0.25, 0.3) is 0 Å². The topological polar surface area (TPSA) is 45.4 Å². The quantitative estimate of drug-likeness (QED) is 0.813. The van der Waals surface area contributed by atoms with Gasteiger partial charge in [-0.2, -0.15) is 0 Å². The summed E-state index contributed by atoms with van der Waals surface area (Å²) in [7, 11) is 4.28. The number of aromatic nitrogens is 1. The van der Waals surface area contributed by atoms with Gasteiger partial charge in [-0.1, -0.05) is 0 Å². The summed E-state index contributed by atoms with van der Waals surface area (Å²) in [5.41, 5.74) is 6.56. The summed E-state index contributed by atoms with van der Waals surface area (Å²) in [6, 6.07) is 4.36. The fourth-order valence-corrected chi connectivity index (χ4v) is 2.20. The maximum atomic E-state index is 5.77. The lowest BCUT2D eigenvalue weighted by Gasteiger charge is -2.35. The Hall–Kier alpha value is -1.29. The third-order valence-corrected chi connectivity index (χ3v) is 3.37. The predicted molar refractivity (Wildman–Crippen MR) is 67.6 cm³/mol. The molecule has 1 fully saturated rings. The summed E-state index contributed by atoms with van der Waals surface area (Å²) in [5.74, 6) is 0.981. The highest BCUT2D eigenvalue weighted by Gasteiger charge is 2.21. The Labute approximate surface area is 97.1 Å². The van der Waals surface area contributed by atoms with Crippen LogP contribution in [0.15, 0.2) is 18.3 Å². The van der Waals surface area contributed by atoms with Crippen molar-refractivity contribution >= 4 is 11.5 Å². The van der Waals surface area contributed by atoms with Crippen LogP contribution in [0.2, 0.25) is 0 Å². The minimum atomic E-state index is 0.588. The molecule has 0 radical (unpaired) electrons. The zero-order valence-electron chi connectivity index (χ0n) is 10.1. The van der Waals surface area contributed by atoms with Crippen LogP contribution >= 0.6 is 0 Å². The molecule has 2 heterocycles. The fourth-order valence-electron chi connectivity index (χ4n) is 2.20. The SMILES string of the molecule is CN1CCC(N(C)c2cc(N)ccn2)CC1. The molecule has 0 atom stereocenters. The zero-order valence-corrected chi connectivity index (χ0v) is 10.1. The molecule has 0 amide bonds. The molecule has 1 saturated heterocycles. The van der Waals surface area contributed by atoms with Crippen LogP contribution in [0.1, 0.15) is 12.8 Å². The molecule has 2 rings (SSSR count). The van der Waals surface area contributed by atoms with Crippen LogP contribution in [-0.4, -0.2) is 43.1 Å². The van der Waals surface area contributed by atoms with Crippen molar-refractivity contribution in [3.63, 3.8) is 0 Å². The second-order valence-corrected chi connectivity index (χ2v) is 4.59. The number of nitrogen functional groups attached to an aromatic ring is 1. The Bertz CT molecular complexity index is 345. The minimum Gasteiger partial charge on any atom is -0.399 e. The maximum Gasteiger partial charge on any atom is 0.130 e. The first-order valence-corrected chi connectivity index (χ1v) is 5.80.